The number of aromatic nitrogens is 2. The summed E-state index contributed by atoms with van der Waals surface area (Å²) in [6, 6.07) is 27.3. The predicted molar refractivity (Wildman–Crippen MR) is 325 cm³/mol. The number of halogens is 3. The lowest BCUT2D eigenvalue weighted by atomic mass is 10.0. The number of thioether (sulfide) groups is 1. The Balaban J connectivity index is 0.907. The van der Waals surface area contributed by atoms with Gasteiger partial charge in [-0.05, 0) is 113 Å². The molecule has 1 N–H and O–H groups in total. The van der Waals surface area contributed by atoms with E-state index in [4.69, 9.17) is 40.9 Å². The molecule has 3 atom stereocenters. The maximum Gasteiger partial charge on any atom is 0.410 e. The zero-order valence-electron chi connectivity index (χ0n) is 48.6. The number of alkyl carbamates (subject to hydrolysis) is 1. The van der Waals surface area contributed by atoms with Crippen LogP contribution in [0.1, 0.15) is 81.7 Å². The molecule has 0 saturated carbocycles. The fraction of sp³-hybridized carbons (Fsp3) is 0.492. The molecule has 17 nitrogen and oxygen atoms in total. The van der Waals surface area contributed by atoms with Gasteiger partial charge < -0.3 is 39.1 Å². The number of nitrogens with one attached hydrogen (secondary N) is 1. The van der Waals surface area contributed by atoms with E-state index in [1.807, 2.05) is 48.5 Å². The highest BCUT2D eigenvalue weighted by Gasteiger charge is 2.50. The van der Waals surface area contributed by atoms with Gasteiger partial charge in [-0.2, -0.15) is 25.3 Å². The molecule has 0 bridgehead atoms. The Morgan fingerprint density at radius 3 is 2.49 bits per heavy atom. The Kier molecular flexibility index (Phi) is 19.4. The summed E-state index contributed by atoms with van der Waals surface area (Å²) in [4.78, 5) is 60.3. The van der Waals surface area contributed by atoms with E-state index in [-0.39, 0.29) is 35.6 Å². The van der Waals surface area contributed by atoms with E-state index in [0.717, 1.165) is 82.7 Å². The van der Waals surface area contributed by atoms with Gasteiger partial charge in [0.25, 0.3) is 0 Å². The number of nitrogens with zero attached hydrogens (tertiary/aromatic N) is 10. The van der Waals surface area contributed by atoms with Crippen LogP contribution in [0.25, 0.3) is 10.8 Å². The monoisotopic (exact) mass is 1190 g/mol. The van der Waals surface area contributed by atoms with Crippen LogP contribution in [-0.2, 0) is 27.3 Å². The summed E-state index contributed by atoms with van der Waals surface area (Å²) in [5.41, 5.74) is 2.85. The number of carbonyl (C=O) groups excluding carboxylic acids is 3. The van der Waals surface area contributed by atoms with Crippen molar-refractivity contribution in [3.05, 3.63) is 124 Å². The van der Waals surface area contributed by atoms with Crippen molar-refractivity contribution in [3.63, 3.8) is 0 Å². The van der Waals surface area contributed by atoms with Gasteiger partial charge in [0, 0.05) is 89.2 Å². The zero-order chi connectivity index (χ0) is 59.1. The molecule has 4 aliphatic rings. The number of hydrogen-bond donors (Lipinski definition) is 1. The van der Waals surface area contributed by atoms with E-state index in [0.29, 0.717) is 89.7 Å². The molecular formula is C61H76ClF2N11O6SSi. The fourth-order valence-corrected chi connectivity index (χ4v) is 13.7. The minimum absolute atomic E-state index is 0.0345. The van der Waals surface area contributed by atoms with Crippen molar-refractivity contribution in [1.82, 2.24) is 35.0 Å². The number of amides is 4. The van der Waals surface area contributed by atoms with Crippen LogP contribution in [0.5, 0.6) is 6.01 Å². The quantitative estimate of drug-likeness (QED) is 0.0612. The van der Waals surface area contributed by atoms with Crippen molar-refractivity contribution in [3.8, 4) is 12.1 Å². The van der Waals surface area contributed by atoms with E-state index in [2.05, 4.69) is 63.9 Å². The van der Waals surface area contributed by atoms with E-state index in [9.17, 15) is 24.0 Å². The third-order valence-electron chi connectivity index (χ3n) is 15.5. The molecule has 83 heavy (non-hydrogen) atoms. The second-order valence-corrected chi connectivity index (χ2v) is 31.2. The minimum atomic E-state index is -1.44. The Morgan fingerprint density at radius 1 is 0.952 bits per heavy atom. The molecule has 4 aliphatic heterocycles. The summed E-state index contributed by atoms with van der Waals surface area (Å²) in [5.74, 6) is -0.560. The largest absolute Gasteiger partial charge is 0.462 e. The first kappa shape index (κ1) is 60.8. The fourth-order valence-electron chi connectivity index (χ4n) is 11.2. The van der Waals surface area contributed by atoms with Crippen molar-refractivity contribution in [1.29, 1.82) is 5.26 Å². The summed E-state index contributed by atoms with van der Waals surface area (Å²) in [5, 5.41) is 21.8. The Labute approximate surface area is 496 Å². The molecule has 442 valence electrons. The van der Waals surface area contributed by atoms with Gasteiger partial charge >= 0.3 is 24.2 Å². The molecule has 2 fully saturated rings. The summed E-state index contributed by atoms with van der Waals surface area (Å²) < 4.78 is 48.1. The standard InChI is InChI=1S/C61H76ClF2N11O6SSi/c1-60(2,3)81-57(76)66-29-14-27-61(43-18-9-8-10-19-43)75(69-55(82-61)48-38-44(63)23-24-50(48)64)58(77)70(4)30-15-32-71-31-13-20-46(71)41-80-56-67-51-40-72(52-22-12-17-42-16-11-21-49(62)53(42)52)33-26-47(51)54(68-56)73-34-35-74(45(39-73)25-28-65)59(78)79-36-37-83(5,6)7/h8-12,16-19,21-24,38,45-46H,13-15,20,25-27,29-37,39-41H2,1-7H3,(H,66,76)/t45-,46-,61-/m0/s1. The number of hydrogen-bond acceptors (Lipinski definition) is 14. The Bertz CT molecular complexity index is 3220. The molecular weight excluding hydrogens is 1120 g/mol. The molecule has 1 aromatic heterocycles. The van der Waals surface area contributed by atoms with Crippen molar-refractivity contribution >= 4 is 77.0 Å². The van der Waals surface area contributed by atoms with Crippen LogP contribution in [0.15, 0.2) is 90.0 Å². The van der Waals surface area contributed by atoms with Crippen molar-refractivity contribution in [2.24, 2.45) is 5.10 Å². The lowest BCUT2D eigenvalue weighted by molar-refractivity contribution is 0.0524. The number of carbonyl (C=O) groups is 3. The van der Waals surface area contributed by atoms with E-state index < -0.39 is 54.4 Å². The van der Waals surface area contributed by atoms with Gasteiger partial charge in [0.15, 0.2) is 0 Å². The van der Waals surface area contributed by atoms with Crippen molar-refractivity contribution in [2.45, 2.75) is 121 Å². The van der Waals surface area contributed by atoms with Gasteiger partial charge in [-0.1, -0.05) is 97.6 Å². The number of piperazine rings is 1. The second-order valence-electron chi connectivity index (χ2n) is 23.9. The van der Waals surface area contributed by atoms with Crippen LogP contribution in [0.3, 0.4) is 0 Å². The molecule has 4 aromatic carbocycles. The predicted octanol–water partition coefficient (Wildman–Crippen LogP) is 11.9. The lowest BCUT2D eigenvalue weighted by Crippen LogP contribution is -2.56. The third-order valence-corrected chi connectivity index (χ3v) is 19.0. The molecule has 5 heterocycles. The number of likely N-dealkylation sites (tertiary alicyclic amines) is 1. The molecule has 0 radical (unpaired) electrons. The summed E-state index contributed by atoms with van der Waals surface area (Å²) in [6.07, 6.45) is 2.98. The maximum atomic E-state index is 15.5. The highest BCUT2D eigenvalue weighted by molar-refractivity contribution is 8.15. The first-order valence-electron chi connectivity index (χ1n) is 28.7. The van der Waals surface area contributed by atoms with Gasteiger partial charge in [-0.3, -0.25) is 4.90 Å². The number of anilines is 2. The highest BCUT2D eigenvalue weighted by Crippen LogP contribution is 2.51. The van der Waals surface area contributed by atoms with E-state index in [1.165, 1.54) is 16.8 Å². The number of fused-ring (bicyclic) bond motifs is 2. The molecule has 0 spiro atoms. The summed E-state index contributed by atoms with van der Waals surface area (Å²) >= 11 is 8.05. The molecule has 0 unspecified atom stereocenters. The van der Waals surface area contributed by atoms with Gasteiger partial charge in [0.2, 0.25) is 0 Å². The van der Waals surface area contributed by atoms with Gasteiger partial charge in [-0.25, -0.2) is 23.2 Å². The van der Waals surface area contributed by atoms with Crippen LogP contribution in [0, 0.1) is 23.0 Å². The number of ether oxygens (including phenoxy) is 3. The van der Waals surface area contributed by atoms with Crippen LogP contribution >= 0.6 is 23.4 Å². The van der Waals surface area contributed by atoms with Crippen LogP contribution in [-0.4, -0.2) is 151 Å². The van der Waals surface area contributed by atoms with Crippen molar-refractivity contribution < 1.29 is 37.4 Å². The smallest absolute Gasteiger partial charge is 0.410 e. The van der Waals surface area contributed by atoms with Gasteiger partial charge in [-0.15, -0.1) is 0 Å². The van der Waals surface area contributed by atoms with E-state index in [1.54, 1.807) is 37.6 Å². The van der Waals surface area contributed by atoms with Crippen LogP contribution in [0.2, 0.25) is 30.7 Å². The average molecular weight is 1190 g/mol. The Morgan fingerprint density at radius 2 is 1.73 bits per heavy atom. The normalized spacial score (nSPS) is 19.3. The van der Waals surface area contributed by atoms with E-state index >= 15 is 4.39 Å². The summed E-state index contributed by atoms with van der Waals surface area (Å²) in [7, 11) is 0.282. The molecule has 0 aliphatic carbocycles. The van der Waals surface area contributed by atoms with Gasteiger partial charge in [0.05, 0.1) is 42.4 Å². The zero-order valence-corrected chi connectivity index (χ0v) is 51.2. The van der Waals surface area contributed by atoms with Crippen LogP contribution < -0.4 is 19.9 Å². The SMILES string of the molecule is CN(CCCN1CCC[C@H]1COc1nc2c(c(N3CCN(C(=O)OCC[Si](C)(C)C)[C@@H](CC#N)C3)n1)CCN(c1cccc3cccc(Cl)c13)C2)C(=O)N1N=C(c2cc(F)ccc2F)S[C@@]1(CCCNC(=O)OC(C)(C)C)c1ccccc1. The topological polar surface area (TPSA) is 172 Å². The number of urea groups is 1. The number of nitriles is 1. The van der Waals surface area contributed by atoms with Crippen LogP contribution in [0.4, 0.5) is 34.7 Å². The van der Waals surface area contributed by atoms with Gasteiger partial charge in [0.1, 0.15) is 39.6 Å². The van der Waals surface area contributed by atoms with Crippen molar-refractivity contribution in [2.75, 3.05) is 82.4 Å². The second kappa shape index (κ2) is 26.5. The minimum Gasteiger partial charge on any atom is -0.462 e. The first-order chi connectivity index (χ1) is 39.7. The molecule has 22 heteroatoms. The average Bonchev–Trinajstić information content (AvgIpc) is 4.17. The third kappa shape index (κ3) is 14.8. The number of benzene rings is 4. The molecule has 4 amide bonds. The number of rotatable bonds is 19. The maximum absolute atomic E-state index is 15.5. The lowest BCUT2D eigenvalue weighted by Gasteiger charge is -2.42. The number of hydrazone groups is 1. The molecule has 9 rings (SSSR count). The highest BCUT2D eigenvalue weighted by atomic mass is 35.5. The summed E-state index contributed by atoms with van der Waals surface area (Å²) in [6.45, 7) is 17.3. The Hall–Kier alpha value is -6.73. The first-order valence-corrected chi connectivity index (χ1v) is 33.7. The molecule has 5 aromatic rings. The molecule has 2 saturated heterocycles.